The summed E-state index contributed by atoms with van der Waals surface area (Å²) in [5.74, 6) is -0.717. The molecule has 30 heavy (non-hydrogen) atoms. The van der Waals surface area contributed by atoms with Crippen LogP contribution in [0.5, 0.6) is 5.75 Å². The van der Waals surface area contributed by atoms with Crippen LogP contribution in [0.2, 0.25) is 5.02 Å². The van der Waals surface area contributed by atoms with Crippen LogP contribution in [0.25, 0.3) is 0 Å². The third-order valence-corrected chi connectivity index (χ3v) is 5.33. The fourth-order valence-electron chi connectivity index (χ4n) is 3.53. The molecule has 0 saturated carbocycles. The molecular formula is C24H20ClNO4. The highest BCUT2D eigenvalue weighted by Gasteiger charge is 2.23. The molecule has 3 aromatic rings. The summed E-state index contributed by atoms with van der Waals surface area (Å²) in [6, 6.07) is 18.4. The number of anilines is 1. The quantitative estimate of drug-likeness (QED) is 0.620. The van der Waals surface area contributed by atoms with E-state index in [9.17, 15) is 14.7 Å². The number of morpholine rings is 1. The molecule has 4 rings (SSSR count). The normalized spacial score (nSPS) is 13.8. The molecule has 0 unspecified atom stereocenters. The Bertz CT molecular complexity index is 1090. The number of benzene rings is 3. The lowest BCUT2D eigenvalue weighted by atomic mass is 9.95. The number of carbonyl (C=O) groups is 2. The number of ketones is 2. The van der Waals surface area contributed by atoms with Crippen molar-refractivity contribution in [2.75, 3.05) is 31.2 Å². The first kappa shape index (κ1) is 20.1. The number of hydrogen-bond donors (Lipinski definition) is 1. The van der Waals surface area contributed by atoms with Crippen molar-refractivity contribution < 1.29 is 19.4 Å². The molecule has 0 radical (unpaired) electrons. The summed E-state index contributed by atoms with van der Waals surface area (Å²) in [7, 11) is 0. The van der Waals surface area contributed by atoms with Gasteiger partial charge >= 0.3 is 0 Å². The van der Waals surface area contributed by atoms with E-state index in [0.29, 0.717) is 48.0 Å². The van der Waals surface area contributed by atoms with Crippen LogP contribution >= 0.6 is 11.6 Å². The molecule has 0 bridgehead atoms. The van der Waals surface area contributed by atoms with Crippen molar-refractivity contribution in [3.8, 4) is 5.75 Å². The number of halogens is 1. The average Bonchev–Trinajstić information content (AvgIpc) is 2.80. The van der Waals surface area contributed by atoms with E-state index < -0.39 is 5.78 Å². The van der Waals surface area contributed by atoms with Crippen LogP contribution in [-0.4, -0.2) is 43.0 Å². The number of rotatable bonds is 5. The van der Waals surface area contributed by atoms with Gasteiger partial charge in [0.05, 0.1) is 18.8 Å². The van der Waals surface area contributed by atoms with Crippen LogP contribution in [0.1, 0.15) is 31.8 Å². The smallest absolute Gasteiger partial charge is 0.196 e. The highest BCUT2D eigenvalue weighted by Crippen LogP contribution is 2.29. The highest BCUT2D eigenvalue weighted by molar-refractivity contribution is 6.31. The monoisotopic (exact) mass is 421 g/mol. The standard InChI is InChI=1S/C24H20ClNO4/c25-18-7-9-22(27)20(15-18)24(29)17-6-8-21(26-10-12-30-13-11-26)19(14-17)23(28)16-4-2-1-3-5-16/h1-9,14-15,27H,10-13H2. The van der Waals surface area contributed by atoms with E-state index in [0.717, 1.165) is 5.69 Å². The first-order valence-corrected chi connectivity index (χ1v) is 10.0. The molecule has 1 fully saturated rings. The van der Waals surface area contributed by atoms with Crippen LogP contribution < -0.4 is 4.90 Å². The van der Waals surface area contributed by atoms with E-state index in [1.165, 1.54) is 18.2 Å². The lowest BCUT2D eigenvalue weighted by Crippen LogP contribution is -2.37. The third-order valence-electron chi connectivity index (χ3n) is 5.09. The van der Waals surface area contributed by atoms with Gasteiger partial charge in [-0.25, -0.2) is 0 Å². The molecule has 6 heteroatoms. The van der Waals surface area contributed by atoms with Gasteiger partial charge in [0.25, 0.3) is 0 Å². The van der Waals surface area contributed by atoms with Crippen molar-refractivity contribution in [1.29, 1.82) is 0 Å². The first-order chi connectivity index (χ1) is 14.5. The van der Waals surface area contributed by atoms with E-state index in [1.54, 1.807) is 42.5 Å². The minimum Gasteiger partial charge on any atom is -0.507 e. The molecule has 1 N–H and O–H groups in total. The van der Waals surface area contributed by atoms with Crippen LogP contribution in [0.4, 0.5) is 5.69 Å². The number of phenols is 1. The summed E-state index contributed by atoms with van der Waals surface area (Å²) >= 11 is 6.00. The van der Waals surface area contributed by atoms with Gasteiger partial charge < -0.3 is 14.7 Å². The Kier molecular flexibility index (Phi) is 5.84. The number of aromatic hydroxyl groups is 1. The summed E-state index contributed by atoms with van der Waals surface area (Å²) in [5, 5.41) is 10.5. The zero-order valence-electron chi connectivity index (χ0n) is 16.2. The second-order valence-electron chi connectivity index (χ2n) is 7.02. The van der Waals surface area contributed by atoms with Crippen LogP contribution in [0.3, 0.4) is 0 Å². The predicted molar refractivity (Wildman–Crippen MR) is 116 cm³/mol. The van der Waals surface area contributed by atoms with E-state index in [1.807, 2.05) is 6.07 Å². The second-order valence-corrected chi connectivity index (χ2v) is 7.45. The van der Waals surface area contributed by atoms with E-state index >= 15 is 0 Å². The molecule has 3 aromatic carbocycles. The minimum absolute atomic E-state index is 0.0970. The Hall–Kier alpha value is -3.15. The summed E-state index contributed by atoms with van der Waals surface area (Å²) in [4.78, 5) is 28.4. The van der Waals surface area contributed by atoms with Crippen molar-refractivity contribution in [3.05, 3.63) is 94.0 Å². The Morgan fingerprint density at radius 3 is 2.27 bits per heavy atom. The van der Waals surface area contributed by atoms with E-state index in [2.05, 4.69) is 4.90 Å². The van der Waals surface area contributed by atoms with E-state index in [4.69, 9.17) is 16.3 Å². The number of carbonyl (C=O) groups excluding carboxylic acids is 2. The van der Waals surface area contributed by atoms with Gasteiger partial charge in [-0.15, -0.1) is 0 Å². The molecule has 1 aliphatic rings. The van der Waals surface area contributed by atoms with Crippen molar-refractivity contribution >= 4 is 28.9 Å². The number of hydrogen-bond acceptors (Lipinski definition) is 5. The lowest BCUT2D eigenvalue weighted by molar-refractivity contribution is 0.103. The van der Waals surface area contributed by atoms with Crippen LogP contribution in [0.15, 0.2) is 66.7 Å². The largest absolute Gasteiger partial charge is 0.507 e. The van der Waals surface area contributed by atoms with Crippen molar-refractivity contribution in [3.63, 3.8) is 0 Å². The summed E-state index contributed by atoms with van der Waals surface area (Å²) in [5.41, 5.74) is 2.15. The Labute approximate surface area is 179 Å². The van der Waals surface area contributed by atoms with Gasteiger partial charge in [-0.05, 0) is 36.4 Å². The van der Waals surface area contributed by atoms with Crippen molar-refractivity contribution in [2.45, 2.75) is 0 Å². The zero-order valence-corrected chi connectivity index (χ0v) is 16.9. The molecule has 1 saturated heterocycles. The molecule has 5 nitrogen and oxygen atoms in total. The Morgan fingerprint density at radius 2 is 1.53 bits per heavy atom. The highest BCUT2D eigenvalue weighted by atomic mass is 35.5. The molecular weight excluding hydrogens is 402 g/mol. The van der Waals surface area contributed by atoms with Gasteiger partial charge in [-0.3, -0.25) is 9.59 Å². The lowest BCUT2D eigenvalue weighted by Gasteiger charge is -2.30. The van der Waals surface area contributed by atoms with Crippen molar-refractivity contribution in [2.24, 2.45) is 0 Å². The summed E-state index contributed by atoms with van der Waals surface area (Å²) in [6.45, 7) is 2.49. The van der Waals surface area contributed by atoms with Gasteiger partial charge in [-0.1, -0.05) is 41.9 Å². The van der Waals surface area contributed by atoms with Gasteiger partial charge in [-0.2, -0.15) is 0 Å². The fourth-order valence-corrected chi connectivity index (χ4v) is 3.70. The maximum Gasteiger partial charge on any atom is 0.196 e. The zero-order chi connectivity index (χ0) is 21.1. The van der Waals surface area contributed by atoms with Gasteiger partial charge in [0, 0.05) is 40.5 Å². The average molecular weight is 422 g/mol. The molecule has 0 atom stereocenters. The first-order valence-electron chi connectivity index (χ1n) is 9.64. The molecule has 0 aliphatic carbocycles. The van der Waals surface area contributed by atoms with E-state index in [-0.39, 0.29) is 17.1 Å². The third kappa shape index (κ3) is 4.08. The number of ether oxygens (including phenoxy) is 1. The Balaban J connectivity index is 1.79. The van der Waals surface area contributed by atoms with Crippen LogP contribution in [0, 0.1) is 0 Å². The molecule has 1 aliphatic heterocycles. The van der Waals surface area contributed by atoms with Gasteiger partial charge in [0.15, 0.2) is 11.6 Å². The van der Waals surface area contributed by atoms with Crippen LogP contribution in [-0.2, 0) is 4.74 Å². The molecule has 0 spiro atoms. The molecule has 0 amide bonds. The molecule has 0 aromatic heterocycles. The SMILES string of the molecule is O=C(c1ccc(N2CCOCC2)c(C(=O)c2ccccc2)c1)c1cc(Cl)ccc1O. The maximum atomic E-state index is 13.3. The maximum absolute atomic E-state index is 13.3. The number of nitrogens with zero attached hydrogens (tertiary/aromatic N) is 1. The topological polar surface area (TPSA) is 66.8 Å². The molecule has 152 valence electrons. The minimum atomic E-state index is -0.398. The summed E-state index contributed by atoms with van der Waals surface area (Å²) < 4.78 is 5.43. The second kappa shape index (κ2) is 8.69. The fraction of sp³-hybridized carbons (Fsp3) is 0.167. The Morgan fingerprint density at radius 1 is 0.833 bits per heavy atom. The predicted octanol–water partition coefficient (Wildman–Crippen LogP) is 4.34. The van der Waals surface area contributed by atoms with Crippen molar-refractivity contribution in [1.82, 2.24) is 0 Å². The summed E-state index contributed by atoms with van der Waals surface area (Å²) in [6.07, 6.45) is 0. The van der Waals surface area contributed by atoms with Gasteiger partial charge in [0.2, 0.25) is 0 Å². The number of phenolic OH excluding ortho intramolecular Hbond substituents is 1. The molecule has 1 heterocycles. The van der Waals surface area contributed by atoms with Gasteiger partial charge in [0.1, 0.15) is 5.75 Å².